The summed E-state index contributed by atoms with van der Waals surface area (Å²) < 4.78 is 14.5. The molecule has 2 heterocycles. The summed E-state index contributed by atoms with van der Waals surface area (Å²) >= 11 is 7.48. The molecule has 2 aliphatic rings. The van der Waals surface area contributed by atoms with E-state index in [9.17, 15) is 0 Å². The molecule has 0 saturated carbocycles. The third kappa shape index (κ3) is 10.3. The molecule has 0 fully saturated rings. The van der Waals surface area contributed by atoms with Crippen molar-refractivity contribution in [2.45, 2.75) is 79.1 Å². The maximum atomic E-state index is 5.93. The first-order valence-electron chi connectivity index (χ1n) is 16.7. The van der Waals surface area contributed by atoms with E-state index in [0.29, 0.717) is 0 Å². The fourth-order valence-electron chi connectivity index (χ4n) is 5.23. The third-order valence-electron chi connectivity index (χ3n) is 7.82. The van der Waals surface area contributed by atoms with Crippen molar-refractivity contribution in [2.24, 2.45) is 0 Å². The van der Waals surface area contributed by atoms with E-state index in [1.807, 2.05) is 47.0 Å². The van der Waals surface area contributed by atoms with Crippen LogP contribution in [0.15, 0.2) is 91.1 Å². The molecule has 2 nitrogen and oxygen atoms in total. The zero-order valence-corrected chi connectivity index (χ0v) is 30.9. The lowest BCUT2D eigenvalue weighted by Crippen LogP contribution is -1.96. The van der Waals surface area contributed by atoms with Crippen molar-refractivity contribution in [2.75, 3.05) is 13.2 Å². The largest absolute Gasteiger partial charge is 0.494 e. The van der Waals surface area contributed by atoms with E-state index in [4.69, 9.17) is 9.47 Å². The number of hydrogen-bond donors (Lipinski definition) is 0. The van der Waals surface area contributed by atoms with E-state index in [2.05, 4.69) is 113 Å². The summed E-state index contributed by atoms with van der Waals surface area (Å²) in [4.78, 5) is 5.41. The summed E-state index contributed by atoms with van der Waals surface area (Å²) in [5, 5.41) is 0. The number of hydrogen-bond acceptors (Lipinski definition) is 6. The van der Waals surface area contributed by atoms with Gasteiger partial charge in [0.1, 0.15) is 11.5 Å². The van der Waals surface area contributed by atoms with Crippen LogP contribution in [0.5, 0.6) is 11.5 Å². The number of benzene rings is 3. The van der Waals surface area contributed by atoms with E-state index >= 15 is 0 Å². The van der Waals surface area contributed by atoms with Crippen molar-refractivity contribution in [1.82, 2.24) is 0 Å². The number of allylic oxidation sites excluding steroid dienone is 2. The second-order valence-corrected chi connectivity index (χ2v) is 16.8. The van der Waals surface area contributed by atoms with Gasteiger partial charge in [-0.25, -0.2) is 0 Å². The number of ether oxygens (including phenoxy) is 2. The van der Waals surface area contributed by atoms with Gasteiger partial charge in [-0.05, 0) is 85.4 Å². The quantitative estimate of drug-likeness (QED) is 0.139. The van der Waals surface area contributed by atoms with E-state index in [1.54, 1.807) is 0 Å². The monoisotopic (exact) mass is 686 g/mol. The third-order valence-corrected chi connectivity index (χ3v) is 12.9. The van der Waals surface area contributed by atoms with Crippen LogP contribution >= 0.6 is 47.0 Å². The summed E-state index contributed by atoms with van der Waals surface area (Å²) in [5.41, 5.74) is 4.99. The molecule has 0 radical (unpaired) electrons. The molecule has 0 N–H and O–H groups in total. The molecule has 0 saturated heterocycles. The van der Waals surface area contributed by atoms with Crippen molar-refractivity contribution in [3.8, 4) is 11.5 Å². The highest BCUT2D eigenvalue weighted by Gasteiger charge is 2.22. The Morgan fingerprint density at radius 3 is 1.24 bits per heavy atom. The molecule has 3 aromatic carbocycles. The molecular formula is C40H46O2S4. The Kier molecular flexibility index (Phi) is 13.9. The van der Waals surface area contributed by atoms with Gasteiger partial charge in [-0.2, -0.15) is 0 Å². The predicted molar refractivity (Wildman–Crippen MR) is 210 cm³/mol. The van der Waals surface area contributed by atoms with Gasteiger partial charge in [0.25, 0.3) is 0 Å². The molecule has 0 amide bonds. The Morgan fingerprint density at radius 2 is 0.870 bits per heavy atom. The molecule has 0 unspecified atom stereocenters. The minimum Gasteiger partial charge on any atom is -0.494 e. The highest BCUT2D eigenvalue weighted by atomic mass is 32.2. The van der Waals surface area contributed by atoms with Crippen molar-refractivity contribution in [3.05, 3.63) is 113 Å². The summed E-state index contributed by atoms with van der Waals surface area (Å²) in [7, 11) is 0. The smallest absolute Gasteiger partial charge is 0.119 e. The Bertz CT molecular complexity index is 1430. The van der Waals surface area contributed by atoms with E-state index in [0.717, 1.165) is 37.6 Å². The molecule has 242 valence electrons. The minimum absolute atomic E-state index is 0.799. The van der Waals surface area contributed by atoms with Crippen LogP contribution in [0.1, 0.15) is 101 Å². The maximum absolute atomic E-state index is 5.93. The van der Waals surface area contributed by atoms with Crippen molar-refractivity contribution < 1.29 is 9.47 Å². The van der Waals surface area contributed by atoms with Crippen LogP contribution in [-0.4, -0.2) is 13.2 Å². The molecule has 46 heavy (non-hydrogen) atoms. The number of unbranched alkanes of at least 4 members (excludes halogenated alkanes) is 6. The highest BCUT2D eigenvalue weighted by molar-refractivity contribution is 8.32. The first-order valence-corrected chi connectivity index (χ1v) is 19.9. The van der Waals surface area contributed by atoms with Crippen molar-refractivity contribution in [1.29, 1.82) is 0 Å². The second kappa shape index (κ2) is 18.2. The van der Waals surface area contributed by atoms with Crippen LogP contribution < -0.4 is 9.47 Å². The van der Waals surface area contributed by atoms with E-state index in [-0.39, 0.29) is 0 Å². The van der Waals surface area contributed by atoms with Gasteiger partial charge >= 0.3 is 0 Å². The fraction of sp³-hybridized carbons (Fsp3) is 0.350. The van der Waals surface area contributed by atoms with Crippen LogP contribution in [0.25, 0.3) is 22.0 Å². The van der Waals surface area contributed by atoms with Gasteiger partial charge in [-0.3, -0.25) is 0 Å². The second-order valence-electron chi connectivity index (χ2n) is 11.6. The zero-order valence-electron chi connectivity index (χ0n) is 27.6. The zero-order chi connectivity index (χ0) is 32.1. The standard InChI is InChI=1S/C40H46O2S4/c1-5-7-9-11-25-41-35-21-13-31(14-22-35)27-37-43-29(3)39(45-37)33-17-19-34(20-18-33)40-30(4)44-38(46-40)28-32-15-23-36(24-16-32)42-26-12-10-8-6-2/h13-24,27-28H,5-12,25-26H2,1-4H3/b37-27-,38-28-. The van der Waals surface area contributed by atoms with E-state index < -0.39 is 0 Å². The van der Waals surface area contributed by atoms with Crippen LogP contribution in [0.2, 0.25) is 0 Å². The van der Waals surface area contributed by atoms with Crippen molar-refractivity contribution >= 4 is 69.0 Å². The van der Waals surface area contributed by atoms with Crippen molar-refractivity contribution in [3.63, 3.8) is 0 Å². The van der Waals surface area contributed by atoms with E-state index in [1.165, 1.54) is 88.9 Å². The summed E-state index contributed by atoms with van der Waals surface area (Å²) in [6.07, 6.45) is 14.4. The van der Waals surface area contributed by atoms with Gasteiger partial charge in [0.05, 0.1) is 21.7 Å². The Morgan fingerprint density at radius 1 is 0.478 bits per heavy atom. The van der Waals surface area contributed by atoms with Crippen LogP contribution in [-0.2, 0) is 0 Å². The lowest BCUT2D eigenvalue weighted by atomic mass is 10.1. The lowest BCUT2D eigenvalue weighted by Gasteiger charge is -2.07. The average Bonchev–Trinajstić information content (AvgIpc) is 3.63. The average molecular weight is 687 g/mol. The van der Waals surface area contributed by atoms with Gasteiger partial charge in [-0.1, -0.05) is 148 Å². The van der Waals surface area contributed by atoms with Gasteiger partial charge in [-0.15, -0.1) is 0 Å². The van der Waals surface area contributed by atoms with Crippen LogP contribution in [0.3, 0.4) is 0 Å². The number of rotatable bonds is 16. The molecule has 5 rings (SSSR count). The van der Waals surface area contributed by atoms with Gasteiger partial charge in [0, 0.05) is 19.6 Å². The summed E-state index contributed by atoms with van der Waals surface area (Å²) in [6.45, 7) is 10.5. The molecule has 0 spiro atoms. The molecule has 6 heteroatoms. The SMILES string of the molecule is CCCCCCOc1ccc(/C=C2/SC(C)=C(c3ccc(C4=C(C)S/C(=C/c5ccc(OCCCCCC)cc5)S4)cc3)S2)cc1. The Labute approximate surface area is 294 Å². The number of thioether (sulfide) groups is 4. The summed E-state index contributed by atoms with van der Waals surface area (Å²) in [6, 6.07) is 26.1. The predicted octanol–water partition coefficient (Wildman–Crippen LogP) is 13.9. The highest BCUT2D eigenvalue weighted by Crippen LogP contribution is 2.56. The minimum atomic E-state index is 0.799. The molecular weight excluding hydrogens is 641 g/mol. The molecule has 2 aliphatic heterocycles. The molecule has 3 aromatic rings. The fourth-order valence-corrected chi connectivity index (χ4v) is 10.3. The first kappa shape index (κ1) is 34.9. The normalized spacial score (nSPS) is 16.7. The Hall–Kier alpha value is -2.38. The van der Waals surface area contributed by atoms with Gasteiger partial charge < -0.3 is 9.47 Å². The van der Waals surface area contributed by atoms with Crippen LogP contribution in [0.4, 0.5) is 0 Å². The molecule has 0 atom stereocenters. The van der Waals surface area contributed by atoms with Gasteiger partial charge in [0.2, 0.25) is 0 Å². The summed E-state index contributed by atoms with van der Waals surface area (Å²) in [5.74, 6) is 1.92. The van der Waals surface area contributed by atoms with Gasteiger partial charge in [0.15, 0.2) is 0 Å². The molecule has 0 bridgehead atoms. The van der Waals surface area contributed by atoms with Crippen LogP contribution in [0, 0.1) is 0 Å². The Balaban J connectivity index is 1.13. The molecule has 0 aromatic heterocycles. The first-order chi connectivity index (χ1) is 22.5. The maximum Gasteiger partial charge on any atom is 0.119 e. The topological polar surface area (TPSA) is 18.5 Å². The lowest BCUT2D eigenvalue weighted by molar-refractivity contribution is 0.305. The molecule has 0 aliphatic carbocycles.